The largest absolute Gasteiger partial charge is 0.369 e. The van der Waals surface area contributed by atoms with Crippen molar-refractivity contribution < 1.29 is 22.6 Å². The third-order valence-electron chi connectivity index (χ3n) is 3.77. The smallest absolute Gasteiger partial charge is 0.235 e. The first-order valence-electron chi connectivity index (χ1n) is 7.23. The van der Waals surface area contributed by atoms with Gasteiger partial charge in [0.2, 0.25) is 11.8 Å². The fourth-order valence-electron chi connectivity index (χ4n) is 2.53. The molecular formula is C15H18F2N2O3S. The number of amides is 2. The van der Waals surface area contributed by atoms with E-state index in [1.54, 1.807) is 0 Å². The third-order valence-corrected chi connectivity index (χ3v) is 5.00. The van der Waals surface area contributed by atoms with Crippen LogP contribution < -0.4 is 5.73 Å². The van der Waals surface area contributed by atoms with Gasteiger partial charge in [-0.2, -0.15) is 0 Å². The molecule has 1 saturated heterocycles. The zero-order valence-corrected chi connectivity index (χ0v) is 13.3. The third kappa shape index (κ3) is 4.82. The fourth-order valence-corrected chi connectivity index (χ4v) is 3.64. The lowest BCUT2D eigenvalue weighted by Crippen LogP contribution is -2.45. The highest BCUT2D eigenvalue weighted by Crippen LogP contribution is 2.17. The summed E-state index contributed by atoms with van der Waals surface area (Å²) < 4.78 is 38.0. The molecule has 1 aromatic carbocycles. The van der Waals surface area contributed by atoms with E-state index in [9.17, 15) is 22.6 Å². The topological polar surface area (TPSA) is 80.5 Å². The Hall–Kier alpha value is -1.83. The van der Waals surface area contributed by atoms with Gasteiger partial charge in [-0.25, -0.2) is 8.78 Å². The number of nitrogens with two attached hydrogens (primary N) is 1. The zero-order valence-electron chi connectivity index (χ0n) is 12.5. The van der Waals surface area contributed by atoms with E-state index >= 15 is 0 Å². The summed E-state index contributed by atoms with van der Waals surface area (Å²) in [4.78, 5) is 24.8. The van der Waals surface area contributed by atoms with Gasteiger partial charge < -0.3 is 10.6 Å². The molecule has 0 spiro atoms. The van der Waals surface area contributed by atoms with Gasteiger partial charge in [0, 0.05) is 29.6 Å². The van der Waals surface area contributed by atoms with Crippen molar-refractivity contribution in [2.75, 3.05) is 18.8 Å². The summed E-state index contributed by atoms with van der Waals surface area (Å²) in [5.74, 6) is -3.36. The predicted molar refractivity (Wildman–Crippen MR) is 81.6 cm³/mol. The minimum Gasteiger partial charge on any atom is -0.369 e. The molecule has 0 aliphatic carbocycles. The van der Waals surface area contributed by atoms with Gasteiger partial charge in [-0.15, -0.1) is 0 Å². The van der Waals surface area contributed by atoms with E-state index in [4.69, 9.17) is 5.73 Å². The van der Waals surface area contributed by atoms with Gasteiger partial charge in [0.15, 0.2) is 11.6 Å². The molecule has 5 nitrogen and oxygen atoms in total. The van der Waals surface area contributed by atoms with E-state index < -0.39 is 28.3 Å². The van der Waals surface area contributed by atoms with Crippen LogP contribution in [0.15, 0.2) is 18.2 Å². The lowest BCUT2D eigenvalue weighted by atomic mass is 9.97. The Labute approximate surface area is 135 Å². The number of halogens is 2. The highest BCUT2D eigenvalue weighted by atomic mass is 32.2. The number of likely N-dealkylation sites (tertiary alicyclic amines) is 1. The van der Waals surface area contributed by atoms with Crippen LogP contribution in [0, 0.1) is 17.6 Å². The van der Waals surface area contributed by atoms with Crippen LogP contribution in [0.3, 0.4) is 0 Å². The van der Waals surface area contributed by atoms with Crippen molar-refractivity contribution in [1.29, 1.82) is 0 Å². The van der Waals surface area contributed by atoms with Crippen LogP contribution in [0.4, 0.5) is 8.78 Å². The van der Waals surface area contributed by atoms with E-state index in [1.165, 1.54) is 11.0 Å². The molecule has 0 unspecified atom stereocenters. The number of carbonyl (C=O) groups is 2. The number of hydrogen-bond acceptors (Lipinski definition) is 3. The molecule has 23 heavy (non-hydrogen) atoms. The van der Waals surface area contributed by atoms with Crippen LogP contribution in [0.2, 0.25) is 0 Å². The molecule has 126 valence electrons. The lowest BCUT2D eigenvalue weighted by molar-refractivity contribution is -0.132. The Balaban J connectivity index is 1.90. The van der Waals surface area contributed by atoms with Crippen LogP contribution in [-0.2, 0) is 26.1 Å². The first-order chi connectivity index (χ1) is 10.9. The van der Waals surface area contributed by atoms with Crippen molar-refractivity contribution in [2.24, 2.45) is 11.7 Å². The molecule has 8 heteroatoms. The minimum absolute atomic E-state index is 0.0317. The van der Waals surface area contributed by atoms with Crippen molar-refractivity contribution >= 4 is 22.6 Å². The Morgan fingerprint density at radius 3 is 2.70 bits per heavy atom. The standard InChI is InChI=1S/C15H18F2N2O3S/c16-12-4-3-10(6-13(12)17)8-23(22)9-14(20)19-5-1-2-11(7-19)15(18)21/h3-4,6,11H,1-2,5,7-9H2,(H2,18,21)/t11-,23+/m1/s1. The van der Waals surface area contributed by atoms with Gasteiger partial charge in [-0.05, 0) is 30.5 Å². The molecule has 0 aromatic heterocycles. The average molecular weight is 344 g/mol. The van der Waals surface area contributed by atoms with Crippen LogP contribution in [0.25, 0.3) is 0 Å². The molecule has 0 radical (unpaired) electrons. The van der Waals surface area contributed by atoms with Gasteiger partial charge >= 0.3 is 0 Å². The fraction of sp³-hybridized carbons (Fsp3) is 0.467. The predicted octanol–water partition coefficient (Wildman–Crippen LogP) is 0.937. The van der Waals surface area contributed by atoms with Gasteiger partial charge in [-0.1, -0.05) is 6.07 Å². The number of benzene rings is 1. The Morgan fingerprint density at radius 1 is 1.30 bits per heavy atom. The van der Waals surface area contributed by atoms with Crippen molar-refractivity contribution in [1.82, 2.24) is 4.90 Å². The van der Waals surface area contributed by atoms with Crippen LogP contribution >= 0.6 is 0 Å². The second-order valence-electron chi connectivity index (χ2n) is 5.56. The molecular weight excluding hydrogens is 326 g/mol. The molecule has 2 rings (SSSR count). The van der Waals surface area contributed by atoms with E-state index in [1.807, 2.05) is 0 Å². The summed E-state index contributed by atoms with van der Waals surface area (Å²) in [5.41, 5.74) is 5.62. The van der Waals surface area contributed by atoms with Crippen LogP contribution in [0.5, 0.6) is 0 Å². The van der Waals surface area contributed by atoms with Crippen molar-refractivity contribution in [3.8, 4) is 0 Å². The maximum Gasteiger partial charge on any atom is 0.235 e. The van der Waals surface area contributed by atoms with Crippen LogP contribution in [-0.4, -0.2) is 39.8 Å². The second-order valence-corrected chi connectivity index (χ2v) is 7.02. The zero-order chi connectivity index (χ0) is 17.0. The molecule has 2 atom stereocenters. The van der Waals surface area contributed by atoms with Crippen molar-refractivity contribution in [3.63, 3.8) is 0 Å². The van der Waals surface area contributed by atoms with Gasteiger partial charge in [0.25, 0.3) is 0 Å². The van der Waals surface area contributed by atoms with Crippen LogP contribution in [0.1, 0.15) is 18.4 Å². The summed E-state index contributed by atoms with van der Waals surface area (Å²) in [5, 5.41) is 0. The number of nitrogens with zero attached hydrogens (tertiary/aromatic N) is 1. The number of hydrogen-bond donors (Lipinski definition) is 1. The number of primary amides is 1. The van der Waals surface area contributed by atoms with E-state index in [2.05, 4.69) is 0 Å². The summed E-state index contributed by atoms with van der Waals surface area (Å²) in [6.45, 7) is 0.752. The molecule has 1 aliphatic rings. The number of carbonyl (C=O) groups excluding carboxylic acids is 2. The maximum absolute atomic E-state index is 13.1. The van der Waals surface area contributed by atoms with E-state index in [0.717, 1.165) is 12.1 Å². The Bertz CT molecular complexity index is 639. The molecule has 0 saturated carbocycles. The summed E-state index contributed by atoms with van der Waals surface area (Å²) in [6, 6.07) is 3.28. The molecule has 1 aliphatic heterocycles. The first-order valence-corrected chi connectivity index (χ1v) is 8.71. The minimum atomic E-state index is -1.54. The molecule has 0 bridgehead atoms. The summed E-state index contributed by atoms with van der Waals surface area (Å²) in [6.07, 6.45) is 1.33. The normalized spacial score (nSPS) is 19.4. The van der Waals surface area contributed by atoms with Crippen molar-refractivity contribution in [3.05, 3.63) is 35.4 Å². The summed E-state index contributed by atoms with van der Waals surface area (Å²) >= 11 is 0. The van der Waals surface area contributed by atoms with Gasteiger partial charge in [-0.3, -0.25) is 13.8 Å². The lowest BCUT2D eigenvalue weighted by Gasteiger charge is -2.31. The molecule has 1 heterocycles. The molecule has 1 aromatic rings. The van der Waals surface area contributed by atoms with E-state index in [0.29, 0.717) is 24.9 Å². The number of piperidine rings is 1. The molecule has 1 fully saturated rings. The second kappa shape index (κ2) is 7.63. The quantitative estimate of drug-likeness (QED) is 0.863. The molecule has 2 amide bonds. The number of rotatable bonds is 5. The first kappa shape index (κ1) is 17.5. The average Bonchev–Trinajstić information content (AvgIpc) is 2.51. The molecule has 2 N–H and O–H groups in total. The van der Waals surface area contributed by atoms with Gasteiger partial charge in [0.05, 0.1) is 5.92 Å². The SMILES string of the molecule is NC(=O)[C@@H]1CCCN(C(=O)C[S@@](=O)Cc2ccc(F)c(F)c2)C1. The highest BCUT2D eigenvalue weighted by Gasteiger charge is 2.27. The van der Waals surface area contributed by atoms with E-state index in [-0.39, 0.29) is 29.9 Å². The maximum atomic E-state index is 13.1. The van der Waals surface area contributed by atoms with Gasteiger partial charge in [0.1, 0.15) is 5.75 Å². The van der Waals surface area contributed by atoms with Crippen molar-refractivity contribution in [2.45, 2.75) is 18.6 Å². The monoisotopic (exact) mass is 344 g/mol. The Kier molecular flexibility index (Phi) is 5.81. The summed E-state index contributed by atoms with van der Waals surface area (Å²) in [7, 11) is -1.54. The highest BCUT2D eigenvalue weighted by molar-refractivity contribution is 7.84. The Morgan fingerprint density at radius 2 is 2.04 bits per heavy atom.